The first-order valence-electron chi connectivity index (χ1n) is 4.76. The maximum atomic E-state index is 12.6. The summed E-state index contributed by atoms with van der Waals surface area (Å²) in [5.74, 6) is -0.748. The molecule has 0 aliphatic rings. The molecule has 0 aliphatic carbocycles. The van der Waals surface area contributed by atoms with Gasteiger partial charge in [0.05, 0.1) is 6.42 Å². The number of carbonyl (C=O) groups is 1. The molecule has 0 fully saturated rings. The molecule has 0 saturated heterocycles. The fourth-order valence-electron chi connectivity index (χ4n) is 1.17. The van der Waals surface area contributed by atoms with Crippen LogP contribution in [0.3, 0.4) is 0 Å². The van der Waals surface area contributed by atoms with Gasteiger partial charge in [0.1, 0.15) is 17.7 Å². The van der Waals surface area contributed by atoms with Crippen LogP contribution in [0.25, 0.3) is 0 Å². The summed E-state index contributed by atoms with van der Waals surface area (Å²) < 4.78 is 17.9. The standard InChI is InChI=1S/C11H13FO3/c1-2-9(7-11(13)14)15-10-5-3-8(12)4-6-10/h3-6,9H,2,7H2,1H3,(H,13,14). The number of aliphatic carboxylic acids is 1. The molecule has 15 heavy (non-hydrogen) atoms. The van der Waals surface area contributed by atoms with Gasteiger partial charge in [-0.1, -0.05) is 6.92 Å². The van der Waals surface area contributed by atoms with Crippen molar-refractivity contribution >= 4 is 5.97 Å². The Balaban J connectivity index is 2.58. The monoisotopic (exact) mass is 212 g/mol. The van der Waals surface area contributed by atoms with E-state index in [0.717, 1.165) is 0 Å². The number of hydrogen-bond acceptors (Lipinski definition) is 2. The topological polar surface area (TPSA) is 46.5 Å². The van der Waals surface area contributed by atoms with Gasteiger partial charge in [0, 0.05) is 0 Å². The first-order chi connectivity index (χ1) is 7.11. The van der Waals surface area contributed by atoms with Gasteiger partial charge < -0.3 is 9.84 Å². The van der Waals surface area contributed by atoms with Crippen LogP contribution in [0.2, 0.25) is 0 Å². The van der Waals surface area contributed by atoms with E-state index in [0.29, 0.717) is 12.2 Å². The first-order valence-corrected chi connectivity index (χ1v) is 4.76. The van der Waals surface area contributed by atoms with Crippen LogP contribution in [0.4, 0.5) is 4.39 Å². The van der Waals surface area contributed by atoms with E-state index in [-0.39, 0.29) is 18.3 Å². The van der Waals surface area contributed by atoms with Crippen molar-refractivity contribution in [3.05, 3.63) is 30.1 Å². The van der Waals surface area contributed by atoms with Gasteiger partial charge in [-0.3, -0.25) is 4.79 Å². The van der Waals surface area contributed by atoms with E-state index in [9.17, 15) is 9.18 Å². The van der Waals surface area contributed by atoms with Crippen molar-refractivity contribution in [1.82, 2.24) is 0 Å². The lowest BCUT2D eigenvalue weighted by molar-refractivity contribution is -0.138. The third-order valence-electron chi connectivity index (χ3n) is 1.97. The predicted octanol–water partition coefficient (Wildman–Crippen LogP) is 2.46. The van der Waals surface area contributed by atoms with E-state index in [4.69, 9.17) is 9.84 Å². The average Bonchev–Trinajstić information content (AvgIpc) is 2.19. The van der Waals surface area contributed by atoms with Gasteiger partial charge in [-0.2, -0.15) is 0 Å². The minimum atomic E-state index is -0.899. The van der Waals surface area contributed by atoms with Crippen molar-refractivity contribution in [1.29, 1.82) is 0 Å². The van der Waals surface area contributed by atoms with Gasteiger partial charge in [-0.05, 0) is 30.7 Å². The van der Waals surface area contributed by atoms with Gasteiger partial charge in [0.2, 0.25) is 0 Å². The number of carboxylic acid groups (broad SMARTS) is 1. The van der Waals surface area contributed by atoms with Crippen LogP contribution in [0, 0.1) is 5.82 Å². The third-order valence-corrected chi connectivity index (χ3v) is 1.97. The van der Waals surface area contributed by atoms with Crippen LogP contribution < -0.4 is 4.74 Å². The van der Waals surface area contributed by atoms with Gasteiger partial charge in [-0.15, -0.1) is 0 Å². The Labute approximate surface area is 87.5 Å². The Hall–Kier alpha value is -1.58. The highest BCUT2D eigenvalue weighted by atomic mass is 19.1. The molecule has 1 aromatic carbocycles. The molecule has 0 aliphatic heterocycles. The van der Waals surface area contributed by atoms with Crippen molar-refractivity contribution in [2.45, 2.75) is 25.9 Å². The Bertz CT molecular complexity index is 321. The fourth-order valence-corrected chi connectivity index (χ4v) is 1.17. The number of hydrogen-bond donors (Lipinski definition) is 1. The summed E-state index contributed by atoms with van der Waals surface area (Å²) in [6.45, 7) is 1.84. The second-order valence-electron chi connectivity index (χ2n) is 3.20. The fraction of sp³-hybridized carbons (Fsp3) is 0.364. The summed E-state index contributed by atoms with van der Waals surface area (Å²) in [7, 11) is 0. The van der Waals surface area contributed by atoms with Gasteiger partial charge in [0.15, 0.2) is 0 Å². The molecule has 82 valence electrons. The number of ether oxygens (including phenoxy) is 1. The molecule has 1 unspecified atom stereocenters. The van der Waals surface area contributed by atoms with Gasteiger partial charge in [0.25, 0.3) is 0 Å². The second kappa shape index (κ2) is 5.34. The minimum Gasteiger partial charge on any atom is -0.490 e. The van der Waals surface area contributed by atoms with E-state index < -0.39 is 5.97 Å². The highest BCUT2D eigenvalue weighted by molar-refractivity contribution is 5.67. The lowest BCUT2D eigenvalue weighted by Crippen LogP contribution is -2.19. The zero-order valence-electron chi connectivity index (χ0n) is 8.44. The van der Waals surface area contributed by atoms with E-state index >= 15 is 0 Å². The summed E-state index contributed by atoms with van der Waals surface area (Å²) in [5, 5.41) is 8.60. The number of rotatable bonds is 5. The smallest absolute Gasteiger partial charge is 0.307 e. The van der Waals surface area contributed by atoms with Crippen LogP contribution >= 0.6 is 0 Å². The zero-order valence-corrected chi connectivity index (χ0v) is 8.44. The Morgan fingerprint density at radius 2 is 2.07 bits per heavy atom. The van der Waals surface area contributed by atoms with E-state index in [1.54, 1.807) is 0 Å². The molecule has 1 aromatic rings. The lowest BCUT2D eigenvalue weighted by Gasteiger charge is -2.15. The number of halogens is 1. The SMILES string of the molecule is CCC(CC(=O)O)Oc1ccc(F)cc1. The summed E-state index contributed by atoms with van der Waals surface area (Å²) in [6, 6.07) is 5.53. The highest BCUT2D eigenvalue weighted by Crippen LogP contribution is 2.15. The van der Waals surface area contributed by atoms with Crippen LogP contribution in [-0.4, -0.2) is 17.2 Å². The number of benzene rings is 1. The largest absolute Gasteiger partial charge is 0.490 e. The molecular formula is C11H13FO3. The Kier molecular flexibility index (Phi) is 4.09. The van der Waals surface area contributed by atoms with E-state index in [1.165, 1.54) is 24.3 Å². The quantitative estimate of drug-likeness (QED) is 0.815. The maximum absolute atomic E-state index is 12.6. The zero-order chi connectivity index (χ0) is 11.3. The molecule has 0 amide bonds. The van der Waals surface area contributed by atoms with Crippen molar-refractivity contribution < 1.29 is 19.0 Å². The van der Waals surface area contributed by atoms with Crippen LogP contribution in [0.1, 0.15) is 19.8 Å². The van der Waals surface area contributed by atoms with Crippen molar-refractivity contribution in [3.8, 4) is 5.75 Å². The summed E-state index contributed by atoms with van der Waals surface area (Å²) >= 11 is 0. The highest BCUT2D eigenvalue weighted by Gasteiger charge is 2.12. The summed E-state index contributed by atoms with van der Waals surface area (Å²) in [4.78, 5) is 10.5. The van der Waals surface area contributed by atoms with Crippen molar-refractivity contribution in [2.75, 3.05) is 0 Å². The Morgan fingerprint density at radius 3 is 2.53 bits per heavy atom. The maximum Gasteiger partial charge on any atom is 0.307 e. The van der Waals surface area contributed by atoms with E-state index in [1.807, 2.05) is 6.92 Å². The molecule has 1 rings (SSSR count). The van der Waals surface area contributed by atoms with Crippen LogP contribution in [0.5, 0.6) is 5.75 Å². The molecule has 1 N–H and O–H groups in total. The normalized spacial score (nSPS) is 12.1. The summed E-state index contributed by atoms with van der Waals surface area (Å²) in [6.07, 6.45) is 0.185. The lowest BCUT2D eigenvalue weighted by atomic mass is 10.2. The molecule has 0 heterocycles. The molecule has 1 atom stereocenters. The molecule has 3 nitrogen and oxygen atoms in total. The molecule has 0 saturated carbocycles. The average molecular weight is 212 g/mol. The van der Waals surface area contributed by atoms with Crippen molar-refractivity contribution in [2.24, 2.45) is 0 Å². The van der Waals surface area contributed by atoms with Gasteiger partial charge in [-0.25, -0.2) is 4.39 Å². The second-order valence-corrected chi connectivity index (χ2v) is 3.20. The molecule has 0 radical (unpaired) electrons. The summed E-state index contributed by atoms with van der Waals surface area (Å²) in [5.41, 5.74) is 0. The minimum absolute atomic E-state index is 0.0477. The third kappa shape index (κ3) is 3.97. The van der Waals surface area contributed by atoms with Gasteiger partial charge >= 0.3 is 5.97 Å². The molecule has 0 aromatic heterocycles. The number of carboxylic acids is 1. The van der Waals surface area contributed by atoms with E-state index in [2.05, 4.69) is 0 Å². The molecular weight excluding hydrogens is 199 g/mol. The first kappa shape index (κ1) is 11.5. The molecule has 4 heteroatoms. The van der Waals surface area contributed by atoms with Crippen molar-refractivity contribution in [3.63, 3.8) is 0 Å². The van der Waals surface area contributed by atoms with Crippen LogP contribution in [-0.2, 0) is 4.79 Å². The Morgan fingerprint density at radius 1 is 1.47 bits per heavy atom. The predicted molar refractivity (Wildman–Crippen MR) is 53.4 cm³/mol. The molecule has 0 spiro atoms. The molecule has 0 bridgehead atoms. The van der Waals surface area contributed by atoms with Crippen LogP contribution in [0.15, 0.2) is 24.3 Å².